The van der Waals surface area contributed by atoms with Crippen LogP contribution in [0.25, 0.3) is 0 Å². The molecular formula is C15H14BrNO2S. The second-order valence-electron chi connectivity index (χ2n) is 4.22. The number of thiocarbonyl (C=S) groups is 1. The first-order chi connectivity index (χ1) is 9.60. The topological polar surface area (TPSA) is 55.5 Å². The SMILES string of the molecule is NC(=S)c1ccc(Br)cc1Oc1ccc(CCO)cc1. The molecule has 0 aliphatic carbocycles. The molecule has 20 heavy (non-hydrogen) atoms. The van der Waals surface area contributed by atoms with Crippen LogP contribution in [0.5, 0.6) is 11.5 Å². The highest BCUT2D eigenvalue weighted by Gasteiger charge is 2.08. The Balaban J connectivity index is 2.25. The van der Waals surface area contributed by atoms with Crippen LogP contribution >= 0.6 is 28.1 Å². The summed E-state index contributed by atoms with van der Waals surface area (Å²) in [6.07, 6.45) is 0.634. The van der Waals surface area contributed by atoms with Crippen molar-refractivity contribution in [2.75, 3.05) is 6.61 Å². The lowest BCUT2D eigenvalue weighted by Crippen LogP contribution is -2.10. The second kappa shape index (κ2) is 6.83. The van der Waals surface area contributed by atoms with E-state index in [9.17, 15) is 0 Å². The maximum absolute atomic E-state index is 8.89. The predicted octanol–water partition coefficient (Wildman–Crippen LogP) is 3.41. The van der Waals surface area contributed by atoms with Crippen molar-refractivity contribution in [1.82, 2.24) is 0 Å². The molecule has 2 rings (SSSR count). The first-order valence-electron chi connectivity index (χ1n) is 6.07. The normalized spacial score (nSPS) is 10.3. The monoisotopic (exact) mass is 351 g/mol. The zero-order valence-corrected chi connectivity index (χ0v) is 13.1. The maximum Gasteiger partial charge on any atom is 0.138 e. The van der Waals surface area contributed by atoms with Crippen molar-refractivity contribution in [2.24, 2.45) is 5.73 Å². The van der Waals surface area contributed by atoms with Crippen molar-refractivity contribution in [3.8, 4) is 11.5 Å². The van der Waals surface area contributed by atoms with E-state index >= 15 is 0 Å². The summed E-state index contributed by atoms with van der Waals surface area (Å²) in [7, 11) is 0. The lowest BCUT2D eigenvalue weighted by molar-refractivity contribution is 0.299. The first kappa shape index (κ1) is 15.0. The standard InChI is InChI=1S/C15H14BrNO2S/c16-11-3-6-13(15(17)20)14(9-11)19-12-4-1-10(2-5-12)7-8-18/h1-6,9,18H,7-8H2,(H2,17,20). The number of halogens is 1. The molecule has 0 atom stereocenters. The van der Waals surface area contributed by atoms with Crippen LogP contribution in [0.2, 0.25) is 0 Å². The third-order valence-corrected chi connectivity index (χ3v) is 3.47. The average molecular weight is 352 g/mol. The highest BCUT2D eigenvalue weighted by molar-refractivity contribution is 9.10. The van der Waals surface area contributed by atoms with E-state index in [0.29, 0.717) is 28.5 Å². The quantitative estimate of drug-likeness (QED) is 0.810. The van der Waals surface area contributed by atoms with Crippen molar-refractivity contribution in [3.63, 3.8) is 0 Å². The third kappa shape index (κ3) is 3.79. The molecule has 104 valence electrons. The fourth-order valence-corrected chi connectivity index (χ4v) is 2.27. The zero-order valence-electron chi connectivity index (χ0n) is 10.7. The summed E-state index contributed by atoms with van der Waals surface area (Å²) in [4.78, 5) is 0.296. The molecule has 5 heteroatoms. The van der Waals surface area contributed by atoms with Crippen LogP contribution in [0, 0.1) is 0 Å². The molecule has 0 radical (unpaired) electrons. The summed E-state index contributed by atoms with van der Waals surface area (Å²) in [6, 6.07) is 13.1. The van der Waals surface area contributed by atoms with Crippen molar-refractivity contribution in [1.29, 1.82) is 0 Å². The Hall–Kier alpha value is -1.43. The van der Waals surface area contributed by atoms with E-state index in [0.717, 1.165) is 10.0 Å². The lowest BCUT2D eigenvalue weighted by atomic mass is 10.1. The summed E-state index contributed by atoms with van der Waals surface area (Å²) in [5.74, 6) is 1.31. The van der Waals surface area contributed by atoms with Gasteiger partial charge in [0.05, 0.1) is 5.56 Å². The van der Waals surface area contributed by atoms with Crippen LogP contribution in [0.15, 0.2) is 46.9 Å². The molecule has 0 fully saturated rings. The Bertz CT molecular complexity index is 614. The summed E-state index contributed by atoms with van der Waals surface area (Å²) < 4.78 is 6.72. The predicted molar refractivity (Wildman–Crippen MR) is 87.3 cm³/mol. The Labute approximate surface area is 131 Å². The molecule has 0 saturated carbocycles. The van der Waals surface area contributed by atoms with Crippen molar-refractivity contribution in [3.05, 3.63) is 58.1 Å². The van der Waals surface area contributed by atoms with Gasteiger partial charge in [0.15, 0.2) is 0 Å². The van der Waals surface area contributed by atoms with Crippen molar-refractivity contribution < 1.29 is 9.84 Å². The zero-order chi connectivity index (χ0) is 14.5. The van der Waals surface area contributed by atoms with Crippen LogP contribution in [-0.4, -0.2) is 16.7 Å². The minimum absolute atomic E-state index is 0.136. The van der Waals surface area contributed by atoms with E-state index in [1.165, 1.54) is 0 Å². The fourth-order valence-electron chi connectivity index (χ4n) is 1.76. The minimum atomic E-state index is 0.136. The van der Waals surface area contributed by atoms with Gasteiger partial charge in [-0.25, -0.2) is 0 Å². The minimum Gasteiger partial charge on any atom is -0.457 e. The largest absolute Gasteiger partial charge is 0.457 e. The lowest BCUT2D eigenvalue weighted by Gasteiger charge is -2.11. The molecule has 3 N–H and O–H groups in total. The Morgan fingerprint density at radius 2 is 1.90 bits per heavy atom. The first-order valence-corrected chi connectivity index (χ1v) is 7.27. The van der Waals surface area contributed by atoms with E-state index in [2.05, 4.69) is 15.9 Å². The van der Waals surface area contributed by atoms with Gasteiger partial charge < -0.3 is 15.6 Å². The van der Waals surface area contributed by atoms with Crippen molar-refractivity contribution >= 4 is 33.1 Å². The second-order valence-corrected chi connectivity index (χ2v) is 5.58. The summed E-state index contributed by atoms with van der Waals surface area (Å²) in [5.41, 5.74) is 7.45. The number of aliphatic hydroxyl groups excluding tert-OH is 1. The Morgan fingerprint density at radius 1 is 1.20 bits per heavy atom. The molecular weight excluding hydrogens is 338 g/mol. The van der Waals surface area contributed by atoms with Crippen LogP contribution in [-0.2, 0) is 6.42 Å². The Kier molecular flexibility index (Phi) is 5.11. The van der Waals surface area contributed by atoms with Gasteiger partial charge in [0.25, 0.3) is 0 Å². The summed E-state index contributed by atoms with van der Waals surface area (Å²) >= 11 is 8.42. The molecule has 0 aromatic heterocycles. The summed E-state index contributed by atoms with van der Waals surface area (Å²) in [5, 5.41) is 8.89. The molecule has 0 unspecified atom stereocenters. The van der Waals surface area contributed by atoms with Gasteiger partial charge in [0.2, 0.25) is 0 Å². The van der Waals surface area contributed by atoms with Gasteiger partial charge in [-0.05, 0) is 42.3 Å². The van der Waals surface area contributed by atoms with Gasteiger partial charge in [0, 0.05) is 11.1 Å². The van der Waals surface area contributed by atoms with Gasteiger partial charge in [-0.1, -0.05) is 40.3 Å². The van der Waals surface area contributed by atoms with Gasteiger partial charge in [-0.3, -0.25) is 0 Å². The van der Waals surface area contributed by atoms with E-state index in [4.69, 9.17) is 27.8 Å². The van der Waals surface area contributed by atoms with E-state index in [-0.39, 0.29) is 6.61 Å². The van der Waals surface area contributed by atoms with E-state index < -0.39 is 0 Å². The molecule has 2 aromatic rings. The van der Waals surface area contributed by atoms with Crippen LogP contribution in [0.4, 0.5) is 0 Å². The van der Waals surface area contributed by atoms with Crippen molar-refractivity contribution in [2.45, 2.75) is 6.42 Å². The molecule has 0 amide bonds. The van der Waals surface area contributed by atoms with Gasteiger partial charge in [-0.2, -0.15) is 0 Å². The number of benzene rings is 2. The molecule has 0 heterocycles. The number of aliphatic hydroxyl groups is 1. The van der Waals surface area contributed by atoms with E-state index in [1.807, 2.05) is 42.5 Å². The van der Waals surface area contributed by atoms with Gasteiger partial charge >= 0.3 is 0 Å². The number of hydrogen-bond donors (Lipinski definition) is 2. The number of rotatable bonds is 5. The average Bonchev–Trinajstić information content (AvgIpc) is 2.41. The number of nitrogens with two attached hydrogens (primary N) is 1. The molecule has 0 aliphatic rings. The molecule has 3 nitrogen and oxygen atoms in total. The smallest absolute Gasteiger partial charge is 0.138 e. The fraction of sp³-hybridized carbons (Fsp3) is 0.133. The highest BCUT2D eigenvalue weighted by Crippen LogP contribution is 2.28. The van der Waals surface area contributed by atoms with Gasteiger partial charge in [-0.15, -0.1) is 0 Å². The summed E-state index contributed by atoms with van der Waals surface area (Å²) in [6.45, 7) is 0.136. The molecule has 0 aliphatic heterocycles. The molecule has 2 aromatic carbocycles. The number of ether oxygens (including phenoxy) is 1. The van der Waals surface area contributed by atoms with Crippen LogP contribution in [0.3, 0.4) is 0 Å². The maximum atomic E-state index is 8.89. The Morgan fingerprint density at radius 3 is 2.50 bits per heavy atom. The van der Waals surface area contributed by atoms with Crippen LogP contribution < -0.4 is 10.5 Å². The van der Waals surface area contributed by atoms with E-state index in [1.54, 1.807) is 0 Å². The highest BCUT2D eigenvalue weighted by atomic mass is 79.9. The molecule has 0 bridgehead atoms. The molecule has 0 spiro atoms. The third-order valence-electron chi connectivity index (χ3n) is 2.76. The molecule has 0 saturated heterocycles. The van der Waals surface area contributed by atoms with Gasteiger partial charge in [0.1, 0.15) is 16.5 Å². The number of hydrogen-bond acceptors (Lipinski definition) is 3. The van der Waals surface area contributed by atoms with Crippen LogP contribution in [0.1, 0.15) is 11.1 Å².